The number of fused-ring (bicyclic) bond motifs is 1. The van der Waals surface area contributed by atoms with Crippen molar-refractivity contribution in [3.05, 3.63) is 35.8 Å². The zero-order valence-electron chi connectivity index (χ0n) is 15.1. The number of aryl methyl sites for hydroxylation is 1. The number of aliphatic carboxylic acids is 1. The molecule has 0 spiro atoms. The van der Waals surface area contributed by atoms with Crippen LogP contribution in [0, 0.1) is 18.3 Å². The largest absolute Gasteiger partial charge is 0.481 e. The minimum Gasteiger partial charge on any atom is -0.481 e. The highest BCUT2D eigenvalue weighted by atomic mass is 16.4. The number of carbonyl (C=O) groups excluding carboxylic acids is 1. The number of amides is 1. The average molecular weight is 346 g/mol. The lowest BCUT2D eigenvalue weighted by atomic mass is 9.81. The lowest BCUT2D eigenvalue weighted by Crippen LogP contribution is -2.42. The average Bonchev–Trinajstić information content (AvgIpc) is 3.17. The molecule has 136 valence electrons. The maximum atomic E-state index is 13.0. The second-order valence-electron chi connectivity index (χ2n) is 7.60. The van der Waals surface area contributed by atoms with Crippen molar-refractivity contribution in [2.24, 2.45) is 11.3 Å². The Balaban J connectivity index is 1.81. The molecular weight excluding hydrogens is 320 g/mol. The van der Waals surface area contributed by atoms with Crippen LogP contribution in [0.25, 0.3) is 0 Å². The third-order valence-electron chi connectivity index (χ3n) is 5.52. The number of likely N-dealkylation sites (tertiary alicyclic amines) is 2. The molecule has 2 saturated heterocycles. The van der Waals surface area contributed by atoms with Gasteiger partial charge in [0.15, 0.2) is 0 Å². The fraction of sp³-hybridized carbons (Fsp3) is 0.579. The molecule has 3 heterocycles. The standard InChI is InChI=1S/C19H26N2O4/c1-5-6-20-8-14-9-21(11-19(14,10-20)18(23)24)17(22)15-7-16(12(2)3)25-13(15)4/h5,7,12,14H,1,6,8-11H2,2-4H3,(H,23,24). The summed E-state index contributed by atoms with van der Waals surface area (Å²) in [6.45, 7) is 12.1. The van der Waals surface area contributed by atoms with Crippen molar-refractivity contribution in [3.8, 4) is 0 Å². The van der Waals surface area contributed by atoms with Crippen LogP contribution in [0.15, 0.2) is 23.1 Å². The highest BCUT2D eigenvalue weighted by molar-refractivity contribution is 5.96. The van der Waals surface area contributed by atoms with Gasteiger partial charge in [0.25, 0.3) is 5.91 Å². The minimum atomic E-state index is -0.878. The van der Waals surface area contributed by atoms with Crippen LogP contribution in [0.3, 0.4) is 0 Å². The van der Waals surface area contributed by atoms with Gasteiger partial charge in [-0.1, -0.05) is 19.9 Å². The first-order valence-electron chi connectivity index (χ1n) is 8.74. The zero-order chi connectivity index (χ0) is 18.4. The maximum Gasteiger partial charge on any atom is 0.313 e. The molecule has 0 aliphatic carbocycles. The van der Waals surface area contributed by atoms with Crippen molar-refractivity contribution < 1.29 is 19.1 Å². The molecule has 3 rings (SSSR count). The molecule has 2 aliphatic rings. The Morgan fingerprint density at radius 2 is 2.16 bits per heavy atom. The van der Waals surface area contributed by atoms with Gasteiger partial charge in [-0.25, -0.2) is 0 Å². The van der Waals surface area contributed by atoms with E-state index in [4.69, 9.17) is 4.42 Å². The van der Waals surface area contributed by atoms with Gasteiger partial charge >= 0.3 is 5.97 Å². The zero-order valence-corrected chi connectivity index (χ0v) is 15.1. The van der Waals surface area contributed by atoms with Crippen LogP contribution in [-0.2, 0) is 4.79 Å². The van der Waals surface area contributed by atoms with Crippen LogP contribution in [0.1, 0.15) is 41.6 Å². The molecule has 25 heavy (non-hydrogen) atoms. The van der Waals surface area contributed by atoms with Crippen molar-refractivity contribution in [1.82, 2.24) is 9.80 Å². The topological polar surface area (TPSA) is 74.0 Å². The second-order valence-corrected chi connectivity index (χ2v) is 7.60. The molecule has 0 aromatic carbocycles. The van der Waals surface area contributed by atoms with E-state index in [1.807, 2.05) is 13.8 Å². The van der Waals surface area contributed by atoms with E-state index in [9.17, 15) is 14.7 Å². The van der Waals surface area contributed by atoms with E-state index in [2.05, 4.69) is 11.5 Å². The molecule has 6 heteroatoms. The molecule has 1 aromatic heterocycles. The summed E-state index contributed by atoms with van der Waals surface area (Å²) >= 11 is 0. The van der Waals surface area contributed by atoms with Gasteiger partial charge in [0.2, 0.25) is 0 Å². The lowest BCUT2D eigenvalue weighted by molar-refractivity contribution is -0.148. The summed E-state index contributed by atoms with van der Waals surface area (Å²) in [6, 6.07) is 1.80. The summed E-state index contributed by atoms with van der Waals surface area (Å²) in [5.41, 5.74) is -0.329. The number of carboxylic acid groups (broad SMARTS) is 1. The molecule has 2 unspecified atom stereocenters. The molecule has 1 amide bonds. The first-order valence-corrected chi connectivity index (χ1v) is 8.74. The Labute approximate surface area is 148 Å². The van der Waals surface area contributed by atoms with Crippen molar-refractivity contribution in [2.75, 3.05) is 32.7 Å². The highest BCUT2D eigenvalue weighted by Crippen LogP contribution is 2.43. The van der Waals surface area contributed by atoms with Gasteiger partial charge in [-0.05, 0) is 13.0 Å². The van der Waals surface area contributed by atoms with E-state index in [1.54, 1.807) is 24.0 Å². The van der Waals surface area contributed by atoms with E-state index < -0.39 is 11.4 Å². The predicted octanol–water partition coefficient (Wildman–Crippen LogP) is 2.36. The number of carbonyl (C=O) groups is 2. The van der Waals surface area contributed by atoms with Crippen molar-refractivity contribution in [2.45, 2.75) is 26.7 Å². The van der Waals surface area contributed by atoms with E-state index in [-0.39, 0.29) is 24.3 Å². The van der Waals surface area contributed by atoms with Crippen LogP contribution in [0.2, 0.25) is 0 Å². The molecule has 0 bridgehead atoms. The van der Waals surface area contributed by atoms with Gasteiger partial charge < -0.3 is 14.4 Å². The first kappa shape index (κ1) is 17.7. The van der Waals surface area contributed by atoms with Gasteiger partial charge in [-0.15, -0.1) is 6.58 Å². The number of hydrogen-bond donors (Lipinski definition) is 1. The molecule has 2 atom stereocenters. The summed E-state index contributed by atoms with van der Waals surface area (Å²) < 4.78 is 5.69. The Bertz CT molecular complexity index is 708. The Morgan fingerprint density at radius 3 is 2.68 bits per heavy atom. The number of nitrogens with zero attached hydrogens (tertiary/aromatic N) is 2. The molecule has 0 saturated carbocycles. The van der Waals surface area contributed by atoms with Gasteiger partial charge in [0.1, 0.15) is 16.9 Å². The fourth-order valence-corrected chi connectivity index (χ4v) is 4.12. The van der Waals surface area contributed by atoms with Gasteiger partial charge in [0, 0.05) is 44.6 Å². The van der Waals surface area contributed by atoms with Crippen LogP contribution < -0.4 is 0 Å². The normalized spacial score (nSPS) is 26.2. The predicted molar refractivity (Wildman–Crippen MR) is 93.6 cm³/mol. The molecular formula is C19H26N2O4. The van der Waals surface area contributed by atoms with Gasteiger partial charge in [-0.3, -0.25) is 14.5 Å². The molecule has 0 radical (unpaired) electrons. The molecule has 2 fully saturated rings. The second kappa shape index (κ2) is 6.33. The summed E-state index contributed by atoms with van der Waals surface area (Å²) in [7, 11) is 0. The molecule has 1 N–H and O–H groups in total. The van der Waals surface area contributed by atoms with E-state index >= 15 is 0 Å². The monoisotopic (exact) mass is 346 g/mol. The number of hydrogen-bond acceptors (Lipinski definition) is 4. The Hall–Kier alpha value is -2.08. The third-order valence-corrected chi connectivity index (χ3v) is 5.52. The summed E-state index contributed by atoms with van der Waals surface area (Å²) in [4.78, 5) is 28.8. The van der Waals surface area contributed by atoms with Crippen LogP contribution in [0.4, 0.5) is 0 Å². The van der Waals surface area contributed by atoms with Crippen molar-refractivity contribution in [3.63, 3.8) is 0 Å². The summed E-state index contributed by atoms with van der Waals surface area (Å²) in [5, 5.41) is 9.85. The molecule has 1 aromatic rings. The SMILES string of the molecule is C=CCN1CC2CN(C(=O)c3cc(C(C)C)oc3C)CC2(C(=O)O)C1. The van der Waals surface area contributed by atoms with Crippen molar-refractivity contribution in [1.29, 1.82) is 0 Å². The van der Waals surface area contributed by atoms with E-state index in [0.717, 1.165) is 5.76 Å². The van der Waals surface area contributed by atoms with Gasteiger partial charge in [0.05, 0.1) is 5.56 Å². The van der Waals surface area contributed by atoms with Crippen LogP contribution in [-0.4, -0.2) is 59.5 Å². The number of furan rings is 1. The fourth-order valence-electron chi connectivity index (χ4n) is 4.12. The lowest BCUT2D eigenvalue weighted by Gasteiger charge is -2.25. The Kier molecular flexibility index (Phi) is 4.49. The smallest absolute Gasteiger partial charge is 0.313 e. The highest BCUT2D eigenvalue weighted by Gasteiger charge is 2.58. The first-order chi connectivity index (χ1) is 11.8. The Morgan fingerprint density at radius 1 is 1.44 bits per heavy atom. The minimum absolute atomic E-state index is 0.0503. The number of rotatable bonds is 5. The summed E-state index contributed by atoms with van der Waals surface area (Å²) in [5.74, 6) is 0.597. The quantitative estimate of drug-likeness (QED) is 0.829. The van der Waals surface area contributed by atoms with Crippen molar-refractivity contribution >= 4 is 11.9 Å². The van der Waals surface area contributed by atoms with Crippen LogP contribution in [0.5, 0.6) is 0 Å². The van der Waals surface area contributed by atoms with E-state index in [0.29, 0.717) is 37.5 Å². The number of carboxylic acids is 1. The van der Waals surface area contributed by atoms with Crippen LogP contribution >= 0.6 is 0 Å². The molecule has 2 aliphatic heterocycles. The van der Waals surface area contributed by atoms with E-state index in [1.165, 1.54) is 0 Å². The van der Waals surface area contributed by atoms with Gasteiger partial charge in [-0.2, -0.15) is 0 Å². The maximum absolute atomic E-state index is 13.0. The third kappa shape index (κ3) is 2.88. The summed E-state index contributed by atoms with van der Waals surface area (Å²) in [6.07, 6.45) is 1.79. The molecule has 6 nitrogen and oxygen atoms in total.